The number of carbonyl (C=O) groups is 2. The van der Waals surface area contributed by atoms with Gasteiger partial charge in [0, 0.05) is 5.56 Å². The topological polar surface area (TPSA) is 91.0 Å². The zero-order chi connectivity index (χ0) is 21.4. The van der Waals surface area contributed by atoms with Gasteiger partial charge in [0.15, 0.2) is 0 Å². The number of aliphatic hydroxyl groups is 1. The quantitative estimate of drug-likeness (QED) is 0.387. The van der Waals surface area contributed by atoms with E-state index in [4.69, 9.17) is 4.42 Å². The Kier molecular flexibility index (Phi) is 4.91. The molecule has 2 aromatic carbocycles. The second kappa shape index (κ2) is 7.55. The molecular formula is C24H21NO5. The maximum absolute atomic E-state index is 13.0. The smallest absolute Gasteiger partial charge is 0.296 e. The molecule has 1 amide bonds. The third-order valence-corrected chi connectivity index (χ3v) is 5.41. The van der Waals surface area contributed by atoms with E-state index in [-0.39, 0.29) is 23.6 Å². The van der Waals surface area contributed by atoms with Gasteiger partial charge in [-0.3, -0.25) is 9.59 Å². The van der Waals surface area contributed by atoms with Crippen molar-refractivity contribution in [2.24, 2.45) is 0 Å². The van der Waals surface area contributed by atoms with Gasteiger partial charge in [0.05, 0.1) is 24.4 Å². The van der Waals surface area contributed by atoms with E-state index in [9.17, 15) is 19.8 Å². The molecule has 1 aromatic heterocycles. The van der Waals surface area contributed by atoms with Gasteiger partial charge in [-0.05, 0) is 60.9 Å². The van der Waals surface area contributed by atoms with Crippen LogP contribution in [0.15, 0.2) is 70.9 Å². The van der Waals surface area contributed by atoms with Gasteiger partial charge in [0.25, 0.3) is 11.7 Å². The number of Topliss-reactive ketones (excluding diaryl/α,β-unsaturated/α-hetero) is 1. The zero-order valence-electron chi connectivity index (χ0n) is 16.6. The number of ketones is 1. The molecule has 0 aliphatic carbocycles. The van der Waals surface area contributed by atoms with Crippen LogP contribution in [0.3, 0.4) is 0 Å². The van der Waals surface area contributed by atoms with Crippen LogP contribution in [0.2, 0.25) is 0 Å². The summed E-state index contributed by atoms with van der Waals surface area (Å²) in [5.74, 6) is -1.24. The predicted octanol–water partition coefficient (Wildman–Crippen LogP) is 4.22. The molecule has 30 heavy (non-hydrogen) atoms. The average molecular weight is 403 g/mol. The van der Waals surface area contributed by atoms with Gasteiger partial charge in [-0.15, -0.1) is 0 Å². The molecule has 1 fully saturated rings. The highest BCUT2D eigenvalue weighted by Gasteiger charge is 2.46. The minimum absolute atomic E-state index is 0.00210. The Labute approximate surface area is 173 Å². The Hall–Kier alpha value is -3.80. The standard InChI is InChI=1S/C24H21NO5/c1-14-8-9-17(11-15(14)2)22(27)20-21(16-5-3-6-18(26)12-16)25(24(29)23(20)28)13-19-7-4-10-30-19/h3-12,21,26-27H,13H2,1-2H3/b22-20-. The molecule has 2 N–H and O–H groups in total. The van der Waals surface area contributed by atoms with Crippen LogP contribution in [0.25, 0.3) is 5.76 Å². The van der Waals surface area contributed by atoms with Crippen molar-refractivity contribution in [3.63, 3.8) is 0 Å². The molecule has 1 saturated heterocycles. The first-order chi connectivity index (χ1) is 14.4. The van der Waals surface area contributed by atoms with E-state index in [1.165, 1.54) is 23.3 Å². The summed E-state index contributed by atoms with van der Waals surface area (Å²) in [6.07, 6.45) is 1.49. The van der Waals surface area contributed by atoms with E-state index in [0.29, 0.717) is 16.9 Å². The summed E-state index contributed by atoms with van der Waals surface area (Å²) in [6, 6.07) is 14.2. The first-order valence-corrected chi connectivity index (χ1v) is 9.54. The van der Waals surface area contributed by atoms with Crippen molar-refractivity contribution in [3.8, 4) is 5.75 Å². The second-order valence-electron chi connectivity index (χ2n) is 7.40. The van der Waals surface area contributed by atoms with Gasteiger partial charge in [-0.2, -0.15) is 0 Å². The Bertz CT molecular complexity index is 1160. The number of carbonyl (C=O) groups excluding carboxylic acids is 2. The minimum atomic E-state index is -0.858. The molecule has 1 aliphatic rings. The Morgan fingerprint density at radius 3 is 2.50 bits per heavy atom. The fourth-order valence-electron chi connectivity index (χ4n) is 3.70. The van der Waals surface area contributed by atoms with Crippen molar-refractivity contribution in [3.05, 3.63) is 94.4 Å². The van der Waals surface area contributed by atoms with Crippen molar-refractivity contribution < 1.29 is 24.2 Å². The minimum Gasteiger partial charge on any atom is -0.508 e. The number of aryl methyl sites for hydroxylation is 2. The van der Waals surface area contributed by atoms with Crippen LogP contribution < -0.4 is 0 Å². The lowest BCUT2D eigenvalue weighted by Gasteiger charge is -2.24. The summed E-state index contributed by atoms with van der Waals surface area (Å²) >= 11 is 0. The number of nitrogens with zero attached hydrogens (tertiary/aromatic N) is 1. The van der Waals surface area contributed by atoms with Crippen LogP contribution in [0.1, 0.15) is 34.1 Å². The van der Waals surface area contributed by atoms with E-state index < -0.39 is 17.7 Å². The Morgan fingerprint density at radius 2 is 1.83 bits per heavy atom. The van der Waals surface area contributed by atoms with Crippen LogP contribution in [0.4, 0.5) is 0 Å². The van der Waals surface area contributed by atoms with Gasteiger partial charge >= 0.3 is 0 Å². The number of phenols is 1. The first kappa shape index (κ1) is 19.5. The number of likely N-dealkylation sites (tertiary alicyclic amines) is 1. The van der Waals surface area contributed by atoms with Crippen LogP contribution in [-0.4, -0.2) is 26.8 Å². The van der Waals surface area contributed by atoms with E-state index in [2.05, 4.69) is 0 Å². The summed E-state index contributed by atoms with van der Waals surface area (Å²) in [4.78, 5) is 27.2. The zero-order valence-corrected chi connectivity index (χ0v) is 16.6. The van der Waals surface area contributed by atoms with E-state index in [1.807, 2.05) is 19.9 Å². The van der Waals surface area contributed by atoms with Crippen molar-refractivity contribution in [1.82, 2.24) is 4.90 Å². The van der Waals surface area contributed by atoms with E-state index >= 15 is 0 Å². The summed E-state index contributed by atoms with van der Waals surface area (Å²) in [7, 11) is 0. The molecule has 0 radical (unpaired) electrons. The number of aromatic hydroxyl groups is 1. The lowest BCUT2D eigenvalue weighted by atomic mass is 9.94. The first-order valence-electron chi connectivity index (χ1n) is 9.54. The molecule has 0 bridgehead atoms. The molecule has 0 spiro atoms. The number of phenolic OH excluding ortho intramolecular Hbond substituents is 1. The fraction of sp³-hybridized carbons (Fsp3) is 0.167. The summed E-state index contributed by atoms with van der Waals surface area (Å²) < 4.78 is 5.36. The molecule has 6 heteroatoms. The molecular weight excluding hydrogens is 382 g/mol. The molecule has 152 valence electrons. The highest BCUT2D eigenvalue weighted by molar-refractivity contribution is 6.46. The van der Waals surface area contributed by atoms with E-state index in [1.54, 1.807) is 36.4 Å². The van der Waals surface area contributed by atoms with Crippen LogP contribution in [0.5, 0.6) is 5.75 Å². The number of benzene rings is 2. The highest BCUT2D eigenvalue weighted by Crippen LogP contribution is 2.41. The summed E-state index contributed by atoms with van der Waals surface area (Å²) in [5.41, 5.74) is 2.97. The van der Waals surface area contributed by atoms with Gasteiger partial charge in [0.1, 0.15) is 17.3 Å². The third kappa shape index (κ3) is 3.37. The van der Waals surface area contributed by atoms with Crippen LogP contribution >= 0.6 is 0 Å². The average Bonchev–Trinajstić information content (AvgIpc) is 3.32. The molecule has 2 heterocycles. The molecule has 3 aromatic rings. The van der Waals surface area contributed by atoms with Gasteiger partial charge in [-0.25, -0.2) is 0 Å². The SMILES string of the molecule is Cc1ccc(/C(O)=C2/C(=O)C(=O)N(Cc3ccco3)C2c2cccc(O)c2)cc1C. The molecule has 1 unspecified atom stereocenters. The normalized spacial score (nSPS) is 18.2. The van der Waals surface area contributed by atoms with Crippen LogP contribution in [-0.2, 0) is 16.1 Å². The maximum atomic E-state index is 13.0. The number of hydrogen-bond acceptors (Lipinski definition) is 5. The maximum Gasteiger partial charge on any atom is 0.296 e. The molecule has 1 atom stereocenters. The monoisotopic (exact) mass is 403 g/mol. The number of hydrogen-bond donors (Lipinski definition) is 2. The molecule has 1 aliphatic heterocycles. The van der Waals surface area contributed by atoms with Gasteiger partial charge in [0.2, 0.25) is 0 Å². The van der Waals surface area contributed by atoms with Crippen LogP contribution in [0, 0.1) is 13.8 Å². The highest BCUT2D eigenvalue weighted by atomic mass is 16.3. The molecule has 6 nitrogen and oxygen atoms in total. The number of rotatable bonds is 4. The Morgan fingerprint density at radius 1 is 1.03 bits per heavy atom. The predicted molar refractivity (Wildman–Crippen MR) is 111 cm³/mol. The van der Waals surface area contributed by atoms with E-state index in [0.717, 1.165) is 11.1 Å². The second-order valence-corrected chi connectivity index (χ2v) is 7.40. The van der Waals surface area contributed by atoms with Gasteiger partial charge < -0.3 is 19.5 Å². The lowest BCUT2D eigenvalue weighted by Crippen LogP contribution is -2.29. The summed E-state index contributed by atoms with van der Waals surface area (Å²) in [6.45, 7) is 3.92. The number of amides is 1. The van der Waals surface area contributed by atoms with Crippen molar-refractivity contribution in [2.45, 2.75) is 26.4 Å². The molecule has 4 rings (SSSR count). The van der Waals surface area contributed by atoms with Crippen molar-refractivity contribution in [2.75, 3.05) is 0 Å². The number of aliphatic hydroxyl groups excluding tert-OH is 1. The lowest BCUT2D eigenvalue weighted by molar-refractivity contribution is -0.140. The largest absolute Gasteiger partial charge is 0.508 e. The summed E-state index contributed by atoms with van der Waals surface area (Å²) in [5, 5.41) is 21.0. The number of furan rings is 1. The third-order valence-electron chi connectivity index (χ3n) is 5.41. The fourth-order valence-corrected chi connectivity index (χ4v) is 3.70. The van der Waals surface area contributed by atoms with Crippen molar-refractivity contribution in [1.29, 1.82) is 0 Å². The molecule has 0 saturated carbocycles. The van der Waals surface area contributed by atoms with Crippen molar-refractivity contribution >= 4 is 17.4 Å². The van der Waals surface area contributed by atoms with Gasteiger partial charge in [-0.1, -0.05) is 24.3 Å². The Balaban J connectivity index is 1.89.